The van der Waals surface area contributed by atoms with Crippen LogP contribution in [0.3, 0.4) is 0 Å². The number of benzene rings is 3. The molecule has 0 amide bonds. The monoisotopic (exact) mass is 504 g/mol. The van der Waals surface area contributed by atoms with Gasteiger partial charge in [-0.1, -0.05) is 63.2 Å². The molecule has 0 aliphatic rings. The molecule has 3 heteroatoms. The topological polar surface area (TPSA) is 25.8 Å². The van der Waals surface area contributed by atoms with E-state index in [1.165, 1.54) is 48.7 Å². The van der Waals surface area contributed by atoms with Crippen LogP contribution in [0.1, 0.15) is 67.2 Å². The summed E-state index contributed by atoms with van der Waals surface area (Å²) in [5.41, 5.74) is 0.566. The Hall–Kier alpha value is -3.30. The number of rotatable bonds is 4. The van der Waals surface area contributed by atoms with Gasteiger partial charge in [-0.3, -0.25) is 4.98 Å². The number of aromatic nitrogens is 2. The summed E-state index contributed by atoms with van der Waals surface area (Å²) < 4.78 is 116. The van der Waals surface area contributed by atoms with E-state index in [1.54, 1.807) is 39.0 Å². The van der Waals surface area contributed by atoms with Crippen LogP contribution in [0.25, 0.3) is 43.7 Å². The lowest BCUT2D eigenvalue weighted by Crippen LogP contribution is -2.09. The van der Waals surface area contributed by atoms with Crippen molar-refractivity contribution in [3.63, 3.8) is 0 Å². The van der Waals surface area contributed by atoms with Crippen molar-refractivity contribution in [2.24, 2.45) is 5.41 Å². The fourth-order valence-corrected chi connectivity index (χ4v) is 4.87. The molecular weight excluding hydrogens is 456 g/mol. The third-order valence-corrected chi connectivity index (χ3v) is 6.60. The van der Waals surface area contributed by atoms with Gasteiger partial charge in [0.05, 0.1) is 20.9 Å². The average Bonchev–Trinajstić information content (AvgIpc) is 3.43. The third-order valence-electron chi connectivity index (χ3n) is 5.75. The molecule has 0 radical (unpaired) electrons. The van der Waals surface area contributed by atoms with Crippen LogP contribution in [0, 0.1) is 32.8 Å². The number of hydrogen-bond donors (Lipinski definition) is 0. The zero-order chi connectivity index (χ0) is 37.4. The van der Waals surface area contributed by atoms with Gasteiger partial charge in [0.2, 0.25) is 0 Å². The first-order valence-corrected chi connectivity index (χ1v) is 12.2. The number of hydrogen-bond acceptors (Lipinski definition) is 3. The number of aryl methyl sites for hydroxylation is 4. The van der Waals surface area contributed by atoms with E-state index >= 15 is 0 Å². The second-order valence-electron chi connectivity index (χ2n) is 9.71. The molecule has 2 aromatic heterocycles. The normalized spacial score (nSPS) is 19.4. The molecule has 0 N–H and O–H groups in total. The van der Waals surface area contributed by atoms with Gasteiger partial charge in [-0.05, 0) is 102 Å². The van der Waals surface area contributed by atoms with Crippen molar-refractivity contribution in [3.05, 3.63) is 94.1 Å². The van der Waals surface area contributed by atoms with Gasteiger partial charge < -0.3 is 0 Å². The molecule has 2 heterocycles. The second-order valence-corrected chi connectivity index (χ2v) is 10.7. The second kappa shape index (κ2) is 9.29. The summed E-state index contributed by atoms with van der Waals surface area (Å²) >= 11 is 1.04. The van der Waals surface area contributed by atoms with Crippen LogP contribution < -0.4 is 0 Å². The largest absolute Gasteiger partial charge is 0.256 e. The predicted octanol–water partition coefficient (Wildman–Crippen LogP) is 9.51. The van der Waals surface area contributed by atoms with Gasteiger partial charge in [-0.2, -0.15) is 0 Å². The van der Waals surface area contributed by atoms with Crippen molar-refractivity contribution in [2.75, 3.05) is 0 Å². The Labute approximate surface area is 238 Å². The molecule has 0 saturated heterocycles. The zero-order valence-electron chi connectivity index (χ0n) is 34.2. The standard InChI is InChI=1S/C33H34N2S/c1-20-14-24(18-33(5,6)7)8-11-27(20)25-9-12-28(21(2)15-25)29-17-30(34-19-22(29)3)26-10-13-32-31(16-26)35-23(4)36-32/h8-17,19H,18H2,1-7H3/i1D3,2D3,3D3,4D3,18D2. The summed E-state index contributed by atoms with van der Waals surface area (Å²) in [6.07, 6.45) is -0.714. The minimum atomic E-state index is -2.77. The maximum atomic E-state index is 8.68. The molecule has 36 heavy (non-hydrogen) atoms. The van der Waals surface area contributed by atoms with Gasteiger partial charge in [-0.15, -0.1) is 11.3 Å². The van der Waals surface area contributed by atoms with Crippen LogP contribution >= 0.6 is 11.3 Å². The van der Waals surface area contributed by atoms with E-state index in [2.05, 4.69) is 9.97 Å². The van der Waals surface area contributed by atoms with Gasteiger partial charge in [0.15, 0.2) is 0 Å². The number of thiazole rings is 1. The van der Waals surface area contributed by atoms with Crippen LogP contribution in [0.5, 0.6) is 0 Å². The molecule has 2 nitrogen and oxygen atoms in total. The molecule has 5 rings (SSSR count). The van der Waals surface area contributed by atoms with Crippen molar-refractivity contribution >= 4 is 21.6 Å². The molecule has 0 aliphatic heterocycles. The Morgan fingerprint density at radius 3 is 2.33 bits per heavy atom. The molecule has 0 unspecified atom stereocenters. The highest BCUT2D eigenvalue weighted by Crippen LogP contribution is 2.35. The molecule has 0 atom stereocenters. The van der Waals surface area contributed by atoms with E-state index in [0.717, 1.165) is 11.3 Å². The van der Waals surface area contributed by atoms with Crippen molar-refractivity contribution in [2.45, 2.75) is 54.6 Å². The van der Waals surface area contributed by atoms with E-state index in [-0.39, 0.29) is 49.5 Å². The molecule has 5 aromatic rings. The lowest BCUT2D eigenvalue weighted by Gasteiger charge is -2.19. The molecule has 0 saturated carbocycles. The van der Waals surface area contributed by atoms with Gasteiger partial charge in [0, 0.05) is 31.0 Å². The maximum Gasteiger partial charge on any atom is 0.0907 e. The fraction of sp³-hybridized carbons (Fsp3) is 0.273. The van der Waals surface area contributed by atoms with Crippen LogP contribution in [0.15, 0.2) is 66.9 Å². The van der Waals surface area contributed by atoms with E-state index in [1.807, 2.05) is 0 Å². The molecular formula is C33H34N2S. The molecule has 3 aromatic carbocycles. The minimum Gasteiger partial charge on any atom is -0.256 e. The van der Waals surface area contributed by atoms with Gasteiger partial charge in [0.1, 0.15) is 0 Å². The first kappa shape index (κ1) is 12.8. The number of fused-ring (bicyclic) bond motifs is 1. The van der Waals surface area contributed by atoms with Crippen molar-refractivity contribution in [3.8, 4) is 33.5 Å². The third kappa shape index (κ3) is 4.99. The maximum absolute atomic E-state index is 8.68. The van der Waals surface area contributed by atoms with Crippen molar-refractivity contribution in [1.29, 1.82) is 0 Å². The lowest BCUT2D eigenvalue weighted by atomic mass is 9.86. The Kier molecular flexibility index (Phi) is 3.30. The number of nitrogens with zero attached hydrogens (tertiary/aromatic N) is 2. The van der Waals surface area contributed by atoms with Crippen LogP contribution in [0.4, 0.5) is 0 Å². The smallest absolute Gasteiger partial charge is 0.0907 e. The van der Waals surface area contributed by atoms with E-state index < -0.39 is 39.2 Å². The van der Waals surface area contributed by atoms with Crippen molar-refractivity contribution < 1.29 is 19.2 Å². The highest BCUT2D eigenvalue weighted by molar-refractivity contribution is 7.18. The molecule has 0 aliphatic carbocycles. The molecule has 0 bridgehead atoms. The highest BCUT2D eigenvalue weighted by atomic mass is 32.1. The first-order valence-electron chi connectivity index (χ1n) is 18.4. The summed E-state index contributed by atoms with van der Waals surface area (Å²) in [7, 11) is 0. The quantitative estimate of drug-likeness (QED) is 0.243. The summed E-state index contributed by atoms with van der Waals surface area (Å²) in [4.78, 5) is 8.63. The van der Waals surface area contributed by atoms with Gasteiger partial charge in [0.25, 0.3) is 0 Å². The highest BCUT2D eigenvalue weighted by Gasteiger charge is 2.14. The Morgan fingerprint density at radius 1 is 0.778 bits per heavy atom. The van der Waals surface area contributed by atoms with Gasteiger partial charge >= 0.3 is 0 Å². The Morgan fingerprint density at radius 2 is 1.56 bits per heavy atom. The Bertz CT molecular complexity index is 2080. The first-order chi connectivity index (χ1) is 22.7. The van der Waals surface area contributed by atoms with Gasteiger partial charge in [-0.25, -0.2) is 4.98 Å². The van der Waals surface area contributed by atoms with Crippen LogP contribution in [-0.2, 0) is 6.37 Å². The van der Waals surface area contributed by atoms with E-state index in [4.69, 9.17) is 19.2 Å². The number of pyridine rings is 1. The summed E-state index contributed by atoms with van der Waals surface area (Å²) in [5.74, 6) is 0. The predicted molar refractivity (Wildman–Crippen MR) is 156 cm³/mol. The molecule has 0 fully saturated rings. The average molecular weight is 505 g/mol. The van der Waals surface area contributed by atoms with E-state index in [0.29, 0.717) is 21.5 Å². The fourth-order valence-electron chi connectivity index (χ4n) is 4.18. The van der Waals surface area contributed by atoms with E-state index in [9.17, 15) is 0 Å². The molecule has 0 spiro atoms. The molecule has 182 valence electrons. The van der Waals surface area contributed by atoms with Crippen LogP contribution in [-0.4, -0.2) is 9.97 Å². The minimum absolute atomic E-state index is 0.0253. The lowest BCUT2D eigenvalue weighted by molar-refractivity contribution is 0.411. The summed E-state index contributed by atoms with van der Waals surface area (Å²) in [5, 5.41) is -0.0253. The van der Waals surface area contributed by atoms with Crippen LogP contribution in [0.2, 0.25) is 0 Å². The zero-order valence-corrected chi connectivity index (χ0v) is 21.0. The summed E-state index contributed by atoms with van der Waals surface area (Å²) in [6, 6.07) is 15.1. The van der Waals surface area contributed by atoms with Crippen molar-refractivity contribution in [1.82, 2.24) is 9.97 Å². The summed E-state index contributed by atoms with van der Waals surface area (Å²) in [6.45, 7) is -5.38. The Balaban J connectivity index is 1.71. The SMILES string of the molecule is [2H]C([2H])([2H])c1nc2cc(-c3cc(-c4ccc(-c5ccc(C([2H])([2H])C(C)(C)C)cc5C([2H])([2H])[2H])cc4C([2H])([2H])[2H])c(C([2H])([2H])[2H])cn3)ccc2s1.